The molecule has 4 unspecified atom stereocenters. The van der Waals surface area contributed by atoms with E-state index in [1.807, 2.05) is 0 Å². The molecule has 2 N–H and O–H groups in total. The Morgan fingerprint density at radius 2 is 0.927 bits per heavy atom. The van der Waals surface area contributed by atoms with Gasteiger partial charge in [-0.3, -0.25) is 9.59 Å². The molecule has 240 valence electrons. The predicted molar refractivity (Wildman–Crippen MR) is 147 cm³/mol. The van der Waals surface area contributed by atoms with E-state index in [9.17, 15) is 19.8 Å². The lowest BCUT2D eigenvalue weighted by Gasteiger charge is -2.12. The summed E-state index contributed by atoms with van der Waals surface area (Å²) in [4.78, 5) is 23.7. The van der Waals surface area contributed by atoms with Crippen molar-refractivity contribution < 1.29 is 57.7 Å². The van der Waals surface area contributed by atoms with Gasteiger partial charge in [0.1, 0.15) is 37.6 Å². The number of aliphatic hydroxyl groups excluding tert-OH is 2. The molecule has 2 saturated heterocycles. The molecule has 12 nitrogen and oxygen atoms in total. The molecule has 2 heterocycles. The number of carbonyl (C=O) groups excluding carboxylic acids is 2. The van der Waals surface area contributed by atoms with Gasteiger partial charge in [-0.25, -0.2) is 0 Å². The van der Waals surface area contributed by atoms with Crippen LogP contribution in [0.4, 0.5) is 0 Å². The average Bonchev–Trinajstić information content (AvgIpc) is 3.89. The number of epoxide rings is 2. The molecule has 41 heavy (non-hydrogen) atoms. The first-order valence-electron chi connectivity index (χ1n) is 15.2. The molecule has 0 radical (unpaired) electrons. The Morgan fingerprint density at radius 3 is 1.32 bits per heavy atom. The summed E-state index contributed by atoms with van der Waals surface area (Å²) in [6.07, 6.45) is 6.93. The summed E-state index contributed by atoms with van der Waals surface area (Å²) in [5, 5.41) is 19.8. The minimum Gasteiger partial charge on any atom is -0.463 e. The molecular weight excluding hydrogens is 540 g/mol. The van der Waals surface area contributed by atoms with Crippen molar-refractivity contribution in [1.29, 1.82) is 0 Å². The van der Waals surface area contributed by atoms with E-state index in [1.54, 1.807) is 0 Å². The van der Waals surface area contributed by atoms with Crippen LogP contribution in [0.2, 0.25) is 0 Å². The first-order valence-corrected chi connectivity index (χ1v) is 15.2. The fourth-order valence-corrected chi connectivity index (χ4v) is 3.70. The molecule has 0 amide bonds. The topological polar surface area (TPSA) is 155 Å². The minimum absolute atomic E-state index is 0.0709. The lowest BCUT2D eigenvalue weighted by Crippen LogP contribution is -2.24. The van der Waals surface area contributed by atoms with Crippen molar-refractivity contribution >= 4 is 11.9 Å². The third-order valence-corrected chi connectivity index (χ3v) is 6.32. The Balaban J connectivity index is 1.26. The van der Waals surface area contributed by atoms with Gasteiger partial charge >= 0.3 is 11.9 Å². The highest BCUT2D eigenvalue weighted by Gasteiger charge is 2.22. The third-order valence-electron chi connectivity index (χ3n) is 6.32. The summed E-state index contributed by atoms with van der Waals surface area (Å²) in [6.45, 7) is 5.42. The molecule has 4 atom stereocenters. The zero-order chi connectivity index (χ0) is 29.4. The summed E-state index contributed by atoms with van der Waals surface area (Å²) in [7, 11) is 0. The molecule has 0 aliphatic carbocycles. The van der Waals surface area contributed by atoms with E-state index in [4.69, 9.17) is 37.9 Å². The zero-order valence-corrected chi connectivity index (χ0v) is 24.5. The maximum absolute atomic E-state index is 11.8. The Kier molecular flexibility index (Phi) is 21.1. The molecule has 2 rings (SSSR count). The monoisotopic (exact) mass is 592 g/mol. The van der Waals surface area contributed by atoms with Crippen LogP contribution in [0.5, 0.6) is 0 Å². The summed E-state index contributed by atoms with van der Waals surface area (Å²) in [5.41, 5.74) is 0. The number of carbonyl (C=O) groups is 2. The molecule has 0 spiro atoms. The van der Waals surface area contributed by atoms with Crippen molar-refractivity contribution in [2.45, 2.75) is 95.0 Å². The average molecular weight is 593 g/mol. The molecular formula is C29H52O12. The molecule has 2 aliphatic heterocycles. The molecule has 0 saturated carbocycles. The normalized spacial score (nSPS) is 19.1. The maximum atomic E-state index is 11.8. The second-order valence-electron chi connectivity index (χ2n) is 10.6. The lowest BCUT2D eigenvalue weighted by molar-refractivity contribution is -0.148. The van der Waals surface area contributed by atoms with Gasteiger partial charge in [0.15, 0.2) is 0 Å². The third kappa shape index (κ3) is 23.8. The van der Waals surface area contributed by atoms with Crippen LogP contribution >= 0.6 is 0 Å². The maximum Gasteiger partial charge on any atom is 0.305 e. The first-order chi connectivity index (χ1) is 20.0. The number of hydrogen-bond acceptors (Lipinski definition) is 12. The van der Waals surface area contributed by atoms with E-state index in [0.29, 0.717) is 65.3 Å². The SMILES string of the molecule is O=C(CCCCCCCC(=O)OCC(O)COCCCCOCC1CO1)OCC(O)COCCCCOCC1CO1. The smallest absolute Gasteiger partial charge is 0.305 e. The van der Waals surface area contributed by atoms with Crippen LogP contribution in [0.25, 0.3) is 0 Å². The molecule has 2 aliphatic rings. The highest BCUT2D eigenvalue weighted by atomic mass is 16.6. The van der Waals surface area contributed by atoms with Crippen molar-refractivity contribution in [3.05, 3.63) is 0 Å². The van der Waals surface area contributed by atoms with Gasteiger partial charge in [-0.15, -0.1) is 0 Å². The largest absolute Gasteiger partial charge is 0.463 e. The van der Waals surface area contributed by atoms with Crippen LogP contribution in [-0.2, 0) is 47.5 Å². The van der Waals surface area contributed by atoms with Crippen LogP contribution in [0, 0.1) is 0 Å². The van der Waals surface area contributed by atoms with Gasteiger partial charge in [0, 0.05) is 39.3 Å². The van der Waals surface area contributed by atoms with Crippen molar-refractivity contribution in [1.82, 2.24) is 0 Å². The van der Waals surface area contributed by atoms with Crippen molar-refractivity contribution in [2.24, 2.45) is 0 Å². The predicted octanol–water partition coefficient (Wildman–Crippen LogP) is 1.95. The molecule has 0 aromatic heterocycles. The molecule has 0 aromatic carbocycles. The highest BCUT2D eigenvalue weighted by Crippen LogP contribution is 2.10. The fourth-order valence-electron chi connectivity index (χ4n) is 3.70. The van der Waals surface area contributed by atoms with E-state index in [-0.39, 0.29) is 50.6 Å². The number of ether oxygens (including phenoxy) is 8. The molecule has 2 fully saturated rings. The Morgan fingerprint density at radius 1 is 0.561 bits per heavy atom. The van der Waals surface area contributed by atoms with E-state index >= 15 is 0 Å². The van der Waals surface area contributed by atoms with Gasteiger partial charge in [0.05, 0.1) is 39.6 Å². The number of unbranched alkanes of at least 4 members (excludes halogenated alkanes) is 6. The summed E-state index contributed by atoms with van der Waals surface area (Å²) in [5.74, 6) is -0.666. The van der Waals surface area contributed by atoms with Gasteiger partial charge in [-0.1, -0.05) is 19.3 Å². The van der Waals surface area contributed by atoms with Crippen molar-refractivity contribution in [2.75, 3.05) is 79.3 Å². The van der Waals surface area contributed by atoms with Gasteiger partial charge in [-0.05, 0) is 38.5 Å². The van der Waals surface area contributed by atoms with E-state index < -0.39 is 12.2 Å². The van der Waals surface area contributed by atoms with E-state index in [2.05, 4.69) is 0 Å². The van der Waals surface area contributed by atoms with Crippen LogP contribution in [-0.4, -0.2) is 126 Å². The van der Waals surface area contributed by atoms with Crippen LogP contribution in [0.15, 0.2) is 0 Å². The molecule has 0 aromatic rings. The number of hydrogen-bond donors (Lipinski definition) is 2. The number of esters is 2. The second kappa shape index (κ2) is 24.1. The number of rotatable bonds is 30. The van der Waals surface area contributed by atoms with Gasteiger partial charge in [0.2, 0.25) is 0 Å². The van der Waals surface area contributed by atoms with E-state index in [1.165, 1.54) is 0 Å². The molecule has 0 bridgehead atoms. The summed E-state index contributed by atoms with van der Waals surface area (Å²) in [6, 6.07) is 0. The zero-order valence-electron chi connectivity index (χ0n) is 24.5. The lowest BCUT2D eigenvalue weighted by atomic mass is 10.1. The minimum atomic E-state index is -0.835. The first kappa shape index (κ1) is 35.8. The van der Waals surface area contributed by atoms with Crippen LogP contribution in [0.1, 0.15) is 70.6 Å². The van der Waals surface area contributed by atoms with Crippen LogP contribution in [0.3, 0.4) is 0 Å². The van der Waals surface area contributed by atoms with Crippen LogP contribution < -0.4 is 0 Å². The number of aliphatic hydroxyl groups is 2. The van der Waals surface area contributed by atoms with Crippen molar-refractivity contribution in [3.63, 3.8) is 0 Å². The highest BCUT2D eigenvalue weighted by molar-refractivity contribution is 5.69. The fraction of sp³-hybridized carbons (Fsp3) is 0.931. The Hall–Kier alpha value is -1.38. The Labute approximate surface area is 244 Å². The Bertz CT molecular complexity index is 602. The van der Waals surface area contributed by atoms with Gasteiger partial charge in [0.25, 0.3) is 0 Å². The van der Waals surface area contributed by atoms with Gasteiger partial charge in [-0.2, -0.15) is 0 Å². The van der Waals surface area contributed by atoms with E-state index in [0.717, 1.165) is 58.2 Å². The standard InChI is InChI=1S/C29H52O12/c30-24(16-34-12-6-8-14-36-20-26-22-38-26)18-40-28(32)10-4-2-1-3-5-11-29(33)41-19-25(31)17-35-13-7-9-15-37-21-27-23-39-27/h24-27,30-31H,1-23H2. The summed E-state index contributed by atoms with van der Waals surface area (Å²) >= 11 is 0. The van der Waals surface area contributed by atoms with Crippen molar-refractivity contribution in [3.8, 4) is 0 Å². The van der Waals surface area contributed by atoms with Gasteiger partial charge < -0.3 is 48.1 Å². The second-order valence-corrected chi connectivity index (χ2v) is 10.6. The molecule has 12 heteroatoms. The quantitative estimate of drug-likeness (QED) is 0.0711. The summed E-state index contributed by atoms with van der Waals surface area (Å²) < 4.78 is 42.0.